The topological polar surface area (TPSA) is 29.3 Å². The molecule has 106 valence electrons. The van der Waals surface area contributed by atoms with Gasteiger partial charge in [-0.1, -0.05) is 38.1 Å². The van der Waals surface area contributed by atoms with Gasteiger partial charge < -0.3 is 10.6 Å². The number of nitrogens with two attached hydrogens (primary N) is 1. The molecule has 2 nitrogen and oxygen atoms in total. The molecule has 1 atom stereocenters. The number of hydrogen-bond donors (Lipinski definition) is 1. The maximum absolute atomic E-state index is 5.98. The van der Waals surface area contributed by atoms with Gasteiger partial charge in [-0.25, -0.2) is 0 Å². The average molecular weight is 260 g/mol. The summed E-state index contributed by atoms with van der Waals surface area (Å²) in [6.45, 7) is 8.91. The molecule has 1 aliphatic heterocycles. The minimum atomic E-state index is 0.492. The van der Waals surface area contributed by atoms with E-state index in [1.54, 1.807) is 0 Å². The predicted octanol–water partition coefficient (Wildman–Crippen LogP) is 3.02. The van der Waals surface area contributed by atoms with Gasteiger partial charge in [-0.15, -0.1) is 0 Å². The Morgan fingerprint density at radius 3 is 2.26 bits per heavy atom. The third kappa shape index (κ3) is 4.32. The number of hydrogen-bond acceptors (Lipinski definition) is 2. The van der Waals surface area contributed by atoms with Gasteiger partial charge in [0.1, 0.15) is 0 Å². The van der Waals surface area contributed by atoms with E-state index < -0.39 is 0 Å². The highest BCUT2D eigenvalue weighted by molar-refractivity contribution is 5.26. The second-order valence-electron chi connectivity index (χ2n) is 6.28. The Labute approximate surface area is 118 Å². The maximum atomic E-state index is 5.98. The Morgan fingerprint density at radius 1 is 1.11 bits per heavy atom. The van der Waals surface area contributed by atoms with Gasteiger partial charge in [-0.05, 0) is 49.4 Å². The normalized spacial score (nSPS) is 18.1. The van der Waals surface area contributed by atoms with Crippen LogP contribution in [0.4, 0.5) is 0 Å². The number of benzene rings is 1. The van der Waals surface area contributed by atoms with Gasteiger partial charge in [0.2, 0.25) is 0 Å². The maximum Gasteiger partial charge on any atom is 0.00888 e. The summed E-state index contributed by atoms with van der Waals surface area (Å²) in [5, 5.41) is 0. The average Bonchev–Trinajstić information content (AvgIpc) is 2.89. The van der Waals surface area contributed by atoms with Crippen LogP contribution in [0.1, 0.15) is 43.7 Å². The summed E-state index contributed by atoms with van der Waals surface area (Å²) in [6.07, 6.45) is 3.87. The molecule has 1 heterocycles. The molecule has 1 aromatic rings. The lowest BCUT2D eigenvalue weighted by molar-refractivity contribution is 0.315. The van der Waals surface area contributed by atoms with Crippen LogP contribution < -0.4 is 5.73 Å². The summed E-state index contributed by atoms with van der Waals surface area (Å²) in [7, 11) is 0. The van der Waals surface area contributed by atoms with Gasteiger partial charge >= 0.3 is 0 Å². The van der Waals surface area contributed by atoms with E-state index in [9.17, 15) is 0 Å². The first-order valence-corrected chi connectivity index (χ1v) is 7.70. The predicted molar refractivity (Wildman–Crippen MR) is 82.5 cm³/mol. The molecule has 0 radical (unpaired) electrons. The Morgan fingerprint density at radius 2 is 1.74 bits per heavy atom. The van der Waals surface area contributed by atoms with Crippen molar-refractivity contribution in [2.24, 2.45) is 11.7 Å². The van der Waals surface area contributed by atoms with Crippen molar-refractivity contribution in [3.63, 3.8) is 0 Å². The molecule has 2 rings (SSSR count). The summed E-state index contributed by atoms with van der Waals surface area (Å²) in [4.78, 5) is 2.56. The molecule has 0 aromatic heterocycles. The smallest absolute Gasteiger partial charge is 0.00888 e. The van der Waals surface area contributed by atoms with Crippen molar-refractivity contribution in [2.45, 2.75) is 39.0 Å². The molecule has 2 heteroatoms. The molecule has 0 aliphatic carbocycles. The molecule has 19 heavy (non-hydrogen) atoms. The lowest BCUT2D eigenvalue weighted by Gasteiger charge is -2.22. The third-order valence-corrected chi connectivity index (χ3v) is 4.06. The van der Waals surface area contributed by atoms with Crippen molar-refractivity contribution >= 4 is 0 Å². The second kappa shape index (κ2) is 7.06. The van der Waals surface area contributed by atoms with Crippen molar-refractivity contribution in [2.75, 3.05) is 26.2 Å². The highest BCUT2D eigenvalue weighted by Gasteiger charge is 2.17. The van der Waals surface area contributed by atoms with E-state index >= 15 is 0 Å². The highest BCUT2D eigenvalue weighted by Crippen LogP contribution is 2.20. The first-order chi connectivity index (χ1) is 9.19. The summed E-state index contributed by atoms with van der Waals surface area (Å²) < 4.78 is 0. The van der Waals surface area contributed by atoms with E-state index in [-0.39, 0.29) is 0 Å². The first-order valence-electron chi connectivity index (χ1n) is 7.70. The van der Waals surface area contributed by atoms with Crippen LogP contribution in [0.3, 0.4) is 0 Å². The van der Waals surface area contributed by atoms with E-state index in [1.807, 2.05) is 0 Å². The summed E-state index contributed by atoms with van der Waals surface area (Å²) in [5.41, 5.74) is 8.82. The van der Waals surface area contributed by atoms with Crippen molar-refractivity contribution in [3.8, 4) is 0 Å². The fraction of sp³-hybridized carbons (Fsp3) is 0.647. The number of nitrogens with zero attached hydrogens (tertiary/aromatic N) is 1. The molecule has 0 saturated carbocycles. The van der Waals surface area contributed by atoms with Gasteiger partial charge in [0.25, 0.3) is 0 Å². The fourth-order valence-corrected chi connectivity index (χ4v) is 2.99. The molecule has 0 spiro atoms. The Balaban J connectivity index is 1.97. The van der Waals surface area contributed by atoms with Crippen molar-refractivity contribution < 1.29 is 0 Å². The second-order valence-corrected chi connectivity index (χ2v) is 6.28. The van der Waals surface area contributed by atoms with Crippen molar-refractivity contribution in [1.29, 1.82) is 0 Å². The summed E-state index contributed by atoms with van der Waals surface area (Å²) in [5.74, 6) is 1.21. The largest absolute Gasteiger partial charge is 0.330 e. The van der Waals surface area contributed by atoms with Crippen LogP contribution >= 0.6 is 0 Å². The summed E-state index contributed by atoms with van der Waals surface area (Å²) >= 11 is 0. The minimum absolute atomic E-state index is 0.492. The Hall–Kier alpha value is -0.860. The number of rotatable bonds is 6. The van der Waals surface area contributed by atoms with Crippen LogP contribution in [0.25, 0.3) is 0 Å². The molecule has 0 bridgehead atoms. The van der Waals surface area contributed by atoms with Crippen molar-refractivity contribution in [1.82, 2.24) is 4.90 Å². The highest BCUT2D eigenvalue weighted by atomic mass is 15.1. The van der Waals surface area contributed by atoms with Gasteiger partial charge in [-0.2, -0.15) is 0 Å². The zero-order valence-electron chi connectivity index (χ0n) is 12.4. The minimum Gasteiger partial charge on any atom is -0.330 e. The van der Waals surface area contributed by atoms with Gasteiger partial charge in [0.15, 0.2) is 0 Å². The van der Waals surface area contributed by atoms with Crippen LogP contribution in [0.15, 0.2) is 24.3 Å². The van der Waals surface area contributed by atoms with Crippen LogP contribution in [0, 0.1) is 5.92 Å². The van der Waals surface area contributed by atoms with Gasteiger partial charge in [0, 0.05) is 19.0 Å². The van der Waals surface area contributed by atoms with E-state index in [0.717, 1.165) is 19.0 Å². The molecular formula is C17H28N2. The van der Waals surface area contributed by atoms with E-state index in [1.165, 1.54) is 43.5 Å². The van der Waals surface area contributed by atoms with Gasteiger partial charge in [0.05, 0.1) is 0 Å². The standard InChI is InChI=1S/C17H28N2/c1-14(2)11-15-5-7-16(8-6-15)17(12-18)13-19-9-3-4-10-19/h5-8,14,17H,3-4,9-13,18H2,1-2H3. The molecule has 0 amide bonds. The van der Waals surface area contributed by atoms with Crippen LogP contribution in [-0.2, 0) is 6.42 Å². The molecular weight excluding hydrogens is 232 g/mol. The molecule has 1 unspecified atom stereocenters. The van der Waals surface area contributed by atoms with E-state index in [0.29, 0.717) is 5.92 Å². The van der Waals surface area contributed by atoms with Crippen LogP contribution in [0.5, 0.6) is 0 Å². The van der Waals surface area contributed by atoms with E-state index in [4.69, 9.17) is 5.73 Å². The third-order valence-electron chi connectivity index (χ3n) is 4.06. The monoisotopic (exact) mass is 260 g/mol. The Bertz CT molecular complexity index is 363. The lowest BCUT2D eigenvalue weighted by atomic mass is 9.95. The lowest BCUT2D eigenvalue weighted by Crippen LogP contribution is -2.29. The zero-order valence-corrected chi connectivity index (χ0v) is 12.4. The first kappa shape index (κ1) is 14.5. The summed E-state index contributed by atoms with van der Waals surface area (Å²) in [6, 6.07) is 9.13. The zero-order chi connectivity index (χ0) is 13.7. The van der Waals surface area contributed by atoms with Crippen molar-refractivity contribution in [3.05, 3.63) is 35.4 Å². The fourth-order valence-electron chi connectivity index (χ4n) is 2.99. The van der Waals surface area contributed by atoms with Crippen LogP contribution in [-0.4, -0.2) is 31.1 Å². The quantitative estimate of drug-likeness (QED) is 0.852. The van der Waals surface area contributed by atoms with E-state index in [2.05, 4.69) is 43.0 Å². The van der Waals surface area contributed by atoms with Crippen LogP contribution in [0.2, 0.25) is 0 Å². The molecule has 1 aromatic carbocycles. The molecule has 1 fully saturated rings. The van der Waals surface area contributed by atoms with Gasteiger partial charge in [-0.3, -0.25) is 0 Å². The molecule has 1 saturated heterocycles. The molecule has 1 aliphatic rings. The Kier molecular flexibility index (Phi) is 5.41. The molecule has 2 N–H and O–H groups in total. The number of likely N-dealkylation sites (tertiary alicyclic amines) is 1. The SMILES string of the molecule is CC(C)Cc1ccc(C(CN)CN2CCCC2)cc1.